The lowest BCUT2D eigenvalue weighted by Crippen LogP contribution is -2.41. The molecule has 2 fully saturated rings. The second-order valence-corrected chi connectivity index (χ2v) is 10.1. The maximum absolute atomic E-state index is 5.57. The van der Waals surface area contributed by atoms with E-state index in [0.29, 0.717) is 6.04 Å². The van der Waals surface area contributed by atoms with Crippen LogP contribution in [-0.4, -0.2) is 22.8 Å². The Morgan fingerprint density at radius 3 is 1.86 bits per heavy atom. The van der Waals surface area contributed by atoms with Crippen LogP contribution in [-0.2, 0) is 0 Å². The van der Waals surface area contributed by atoms with Gasteiger partial charge in [-0.05, 0) is 44.4 Å². The smallest absolute Gasteiger partial charge is 0.0555 e. The van der Waals surface area contributed by atoms with Gasteiger partial charge in [-0.25, -0.2) is 0 Å². The summed E-state index contributed by atoms with van der Waals surface area (Å²) < 4.78 is 0. The SMILES string of the molecule is CCCCC1C(C2CCCCCC2)=NN(C2CCCCCCC2)C1CCCC. The molecule has 2 nitrogen and oxygen atoms in total. The summed E-state index contributed by atoms with van der Waals surface area (Å²) in [6, 6.07) is 1.45. The van der Waals surface area contributed by atoms with Crippen LogP contribution in [0.25, 0.3) is 0 Å². The first-order valence-electron chi connectivity index (χ1n) is 13.2. The van der Waals surface area contributed by atoms with E-state index in [9.17, 15) is 0 Å². The van der Waals surface area contributed by atoms with Crippen LogP contribution in [0.3, 0.4) is 0 Å². The molecular weight excluding hydrogens is 340 g/mol. The molecule has 0 aromatic carbocycles. The van der Waals surface area contributed by atoms with E-state index in [0.717, 1.165) is 17.9 Å². The summed E-state index contributed by atoms with van der Waals surface area (Å²) in [5.74, 6) is 1.56. The molecule has 0 N–H and O–H groups in total. The van der Waals surface area contributed by atoms with Crippen molar-refractivity contribution in [1.29, 1.82) is 0 Å². The van der Waals surface area contributed by atoms with E-state index < -0.39 is 0 Å². The zero-order valence-electron chi connectivity index (χ0n) is 19.1. The molecule has 162 valence electrons. The summed E-state index contributed by atoms with van der Waals surface area (Å²) in [4.78, 5) is 0. The van der Waals surface area contributed by atoms with Crippen LogP contribution < -0.4 is 0 Å². The number of hydrazone groups is 1. The molecule has 1 heterocycles. The van der Waals surface area contributed by atoms with Crippen molar-refractivity contribution in [3.63, 3.8) is 0 Å². The molecule has 0 radical (unpaired) electrons. The van der Waals surface area contributed by atoms with E-state index in [1.54, 1.807) is 5.71 Å². The molecule has 28 heavy (non-hydrogen) atoms. The summed E-state index contributed by atoms with van der Waals surface area (Å²) in [5.41, 5.74) is 1.67. The zero-order chi connectivity index (χ0) is 19.6. The Bertz CT molecular complexity index is 441. The number of nitrogens with zero attached hydrogens (tertiary/aromatic N) is 2. The third kappa shape index (κ3) is 5.99. The van der Waals surface area contributed by atoms with Crippen LogP contribution in [0.2, 0.25) is 0 Å². The highest BCUT2D eigenvalue weighted by Gasteiger charge is 2.41. The number of hydrogen-bond acceptors (Lipinski definition) is 2. The first-order valence-corrected chi connectivity index (χ1v) is 13.2. The molecule has 2 atom stereocenters. The Morgan fingerprint density at radius 1 is 0.714 bits per heavy atom. The molecule has 0 spiro atoms. The van der Waals surface area contributed by atoms with Gasteiger partial charge in [-0.1, -0.05) is 97.3 Å². The lowest BCUT2D eigenvalue weighted by atomic mass is 9.79. The van der Waals surface area contributed by atoms with Crippen molar-refractivity contribution in [2.24, 2.45) is 16.9 Å². The first-order chi connectivity index (χ1) is 13.8. The predicted octanol–water partition coefficient (Wildman–Crippen LogP) is 8.11. The average molecular weight is 389 g/mol. The maximum atomic E-state index is 5.57. The number of rotatable bonds is 8. The second kappa shape index (κ2) is 12.2. The summed E-state index contributed by atoms with van der Waals surface area (Å²) in [7, 11) is 0. The molecule has 2 saturated carbocycles. The van der Waals surface area contributed by atoms with E-state index in [1.807, 2.05) is 0 Å². The van der Waals surface area contributed by atoms with E-state index >= 15 is 0 Å². The van der Waals surface area contributed by atoms with Gasteiger partial charge in [-0.2, -0.15) is 5.10 Å². The molecule has 0 amide bonds. The van der Waals surface area contributed by atoms with Crippen molar-refractivity contribution in [2.75, 3.05) is 0 Å². The van der Waals surface area contributed by atoms with E-state index in [1.165, 1.54) is 122 Å². The fourth-order valence-corrected chi connectivity index (χ4v) is 6.19. The molecule has 0 bridgehead atoms. The maximum Gasteiger partial charge on any atom is 0.0555 e. The summed E-state index contributed by atoms with van der Waals surface area (Å²) in [5, 5.41) is 8.29. The van der Waals surface area contributed by atoms with Crippen molar-refractivity contribution in [2.45, 2.75) is 148 Å². The highest BCUT2D eigenvalue weighted by molar-refractivity contribution is 5.90. The molecule has 1 aliphatic heterocycles. The van der Waals surface area contributed by atoms with Gasteiger partial charge >= 0.3 is 0 Å². The summed E-state index contributed by atoms with van der Waals surface area (Å²) in [6.07, 6.45) is 26.8. The van der Waals surface area contributed by atoms with Gasteiger partial charge in [0.25, 0.3) is 0 Å². The molecule has 2 heteroatoms. The Hall–Kier alpha value is -0.530. The van der Waals surface area contributed by atoms with Gasteiger partial charge in [-0.15, -0.1) is 0 Å². The van der Waals surface area contributed by atoms with Crippen LogP contribution in [0.5, 0.6) is 0 Å². The monoisotopic (exact) mass is 388 g/mol. The number of unbranched alkanes of at least 4 members (excludes halogenated alkanes) is 2. The Balaban J connectivity index is 1.81. The zero-order valence-corrected chi connectivity index (χ0v) is 19.1. The summed E-state index contributed by atoms with van der Waals surface area (Å²) in [6.45, 7) is 4.73. The molecule has 2 unspecified atom stereocenters. The Labute approximate surface area is 175 Å². The highest BCUT2D eigenvalue weighted by atomic mass is 15.5. The minimum atomic E-state index is 0.717. The first kappa shape index (κ1) is 22.2. The van der Waals surface area contributed by atoms with Gasteiger partial charge in [0.2, 0.25) is 0 Å². The molecule has 2 aliphatic carbocycles. The van der Waals surface area contributed by atoms with Crippen LogP contribution in [0, 0.1) is 11.8 Å². The van der Waals surface area contributed by atoms with Crippen LogP contribution in [0.1, 0.15) is 136 Å². The molecule has 0 aromatic rings. The Morgan fingerprint density at radius 2 is 1.25 bits per heavy atom. The molecule has 3 rings (SSSR count). The largest absolute Gasteiger partial charge is 0.290 e. The highest BCUT2D eigenvalue weighted by Crippen LogP contribution is 2.39. The van der Waals surface area contributed by atoms with Gasteiger partial charge in [0, 0.05) is 17.7 Å². The second-order valence-electron chi connectivity index (χ2n) is 10.1. The van der Waals surface area contributed by atoms with Crippen molar-refractivity contribution < 1.29 is 0 Å². The van der Waals surface area contributed by atoms with Gasteiger partial charge in [0.1, 0.15) is 0 Å². The fourth-order valence-electron chi connectivity index (χ4n) is 6.19. The van der Waals surface area contributed by atoms with Crippen LogP contribution in [0.15, 0.2) is 5.10 Å². The lowest BCUT2D eigenvalue weighted by Gasteiger charge is -2.36. The standard InChI is InChI=1S/C26H48N2/c1-3-5-20-24-25(21-6-4-2)28(23-18-14-8-7-9-15-19-23)27-26(24)22-16-12-10-11-13-17-22/h22-25H,3-21H2,1-2H3. The van der Waals surface area contributed by atoms with Gasteiger partial charge in [0.05, 0.1) is 6.04 Å². The van der Waals surface area contributed by atoms with E-state index in [4.69, 9.17) is 5.10 Å². The molecule has 3 aliphatic rings. The van der Waals surface area contributed by atoms with Crippen molar-refractivity contribution in [1.82, 2.24) is 5.01 Å². The van der Waals surface area contributed by atoms with Crippen molar-refractivity contribution >= 4 is 5.71 Å². The summed E-state index contributed by atoms with van der Waals surface area (Å²) >= 11 is 0. The van der Waals surface area contributed by atoms with Gasteiger partial charge in [0.15, 0.2) is 0 Å². The fraction of sp³-hybridized carbons (Fsp3) is 0.962. The third-order valence-corrected chi connectivity index (χ3v) is 7.86. The quantitative estimate of drug-likeness (QED) is 0.383. The third-order valence-electron chi connectivity index (χ3n) is 7.86. The lowest BCUT2D eigenvalue weighted by molar-refractivity contribution is 0.105. The van der Waals surface area contributed by atoms with Crippen molar-refractivity contribution in [3.05, 3.63) is 0 Å². The minimum Gasteiger partial charge on any atom is -0.290 e. The van der Waals surface area contributed by atoms with Gasteiger partial charge in [-0.3, -0.25) is 5.01 Å². The van der Waals surface area contributed by atoms with E-state index in [2.05, 4.69) is 18.9 Å². The molecular formula is C26H48N2. The van der Waals surface area contributed by atoms with Crippen molar-refractivity contribution in [3.8, 4) is 0 Å². The molecule has 0 saturated heterocycles. The normalized spacial score (nSPS) is 28.6. The predicted molar refractivity (Wildman–Crippen MR) is 123 cm³/mol. The number of hydrogen-bond donors (Lipinski definition) is 0. The van der Waals surface area contributed by atoms with Gasteiger partial charge < -0.3 is 0 Å². The van der Waals surface area contributed by atoms with Crippen LogP contribution in [0.4, 0.5) is 0 Å². The van der Waals surface area contributed by atoms with Crippen LogP contribution >= 0.6 is 0 Å². The topological polar surface area (TPSA) is 15.6 Å². The Kier molecular flexibility index (Phi) is 9.68. The average Bonchev–Trinajstić information content (AvgIpc) is 2.84. The molecule has 0 aromatic heterocycles. The van der Waals surface area contributed by atoms with E-state index in [-0.39, 0.29) is 0 Å². The minimum absolute atomic E-state index is 0.717.